The Morgan fingerprint density at radius 3 is 2.33 bits per heavy atom. The highest BCUT2D eigenvalue weighted by molar-refractivity contribution is 5.16. The van der Waals surface area contributed by atoms with Crippen molar-refractivity contribution in [3.63, 3.8) is 0 Å². The Hall–Kier alpha value is -0.860. The predicted molar refractivity (Wildman–Crippen MR) is 63.5 cm³/mol. The number of quaternary nitrogens is 1. The van der Waals surface area contributed by atoms with Gasteiger partial charge < -0.3 is 9.59 Å². The van der Waals surface area contributed by atoms with Crippen LogP contribution in [0.25, 0.3) is 0 Å². The summed E-state index contributed by atoms with van der Waals surface area (Å²) in [5.41, 5.74) is 1.02. The summed E-state index contributed by atoms with van der Waals surface area (Å²) in [6, 6.07) is 9.88. The number of hydrogen-bond acceptors (Lipinski definition) is 1. The number of rotatable bonds is 5. The van der Waals surface area contributed by atoms with E-state index in [1.165, 1.54) is 0 Å². The number of aliphatic hydroxyl groups is 1. The standard InChI is InChI=1S/C13H22NO/c1-4-14(2,3)11-10-13(15)12-8-6-5-7-9-12/h5-9,13,15H,4,10-11H2,1-3H3/q+1. The minimum Gasteiger partial charge on any atom is -0.388 e. The lowest BCUT2D eigenvalue weighted by Gasteiger charge is -2.29. The normalized spacial score (nSPS) is 13.9. The van der Waals surface area contributed by atoms with Crippen LogP contribution in [-0.4, -0.2) is 36.8 Å². The van der Waals surface area contributed by atoms with Crippen molar-refractivity contribution >= 4 is 0 Å². The first-order valence-electron chi connectivity index (χ1n) is 5.60. The monoisotopic (exact) mass is 208 g/mol. The summed E-state index contributed by atoms with van der Waals surface area (Å²) in [7, 11) is 4.38. The van der Waals surface area contributed by atoms with Crippen molar-refractivity contribution in [3.05, 3.63) is 35.9 Å². The fourth-order valence-corrected chi connectivity index (χ4v) is 1.47. The summed E-state index contributed by atoms with van der Waals surface area (Å²) in [5.74, 6) is 0. The van der Waals surface area contributed by atoms with E-state index in [2.05, 4.69) is 21.0 Å². The van der Waals surface area contributed by atoms with E-state index >= 15 is 0 Å². The van der Waals surface area contributed by atoms with Gasteiger partial charge in [0.2, 0.25) is 0 Å². The average Bonchev–Trinajstić information content (AvgIpc) is 2.27. The summed E-state index contributed by atoms with van der Waals surface area (Å²) in [6.07, 6.45) is 0.500. The van der Waals surface area contributed by atoms with Crippen LogP contribution in [0, 0.1) is 0 Å². The smallest absolute Gasteiger partial charge is 0.0843 e. The van der Waals surface area contributed by atoms with Crippen molar-refractivity contribution in [2.75, 3.05) is 27.2 Å². The maximum Gasteiger partial charge on any atom is 0.0843 e. The van der Waals surface area contributed by atoms with Crippen LogP contribution in [0.4, 0.5) is 0 Å². The van der Waals surface area contributed by atoms with Crippen LogP contribution in [-0.2, 0) is 0 Å². The van der Waals surface area contributed by atoms with Crippen molar-refractivity contribution in [2.24, 2.45) is 0 Å². The molecule has 2 nitrogen and oxygen atoms in total. The van der Waals surface area contributed by atoms with E-state index in [9.17, 15) is 5.11 Å². The number of benzene rings is 1. The van der Waals surface area contributed by atoms with Gasteiger partial charge in [-0.3, -0.25) is 0 Å². The molecule has 0 saturated carbocycles. The molecule has 1 atom stereocenters. The number of aliphatic hydroxyl groups excluding tert-OH is 1. The van der Waals surface area contributed by atoms with E-state index < -0.39 is 0 Å². The van der Waals surface area contributed by atoms with Gasteiger partial charge in [0.05, 0.1) is 33.3 Å². The third kappa shape index (κ3) is 4.02. The topological polar surface area (TPSA) is 20.2 Å². The van der Waals surface area contributed by atoms with E-state index in [-0.39, 0.29) is 6.10 Å². The summed E-state index contributed by atoms with van der Waals surface area (Å²) >= 11 is 0. The minimum absolute atomic E-state index is 0.324. The highest BCUT2D eigenvalue weighted by Crippen LogP contribution is 2.17. The maximum absolute atomic E-state index is 9.97. The molecule has 1 N–H and O–H groups in total. The average molecular weight is 208 g/mol. The molecule has 0 aliphatic heterocycles. The summed E-state index contributed by atoms with van der Waals surface area (Å²) < 4.78 is 0.962. The van der Waals surface area contributed by atoms with Crippen LogP contribution in [0.2, 0.25) is 0 Å². The van der Waals surface area contributed by atoms with Crippen molar-refractivity contribution in [1.82, 2.24) is 0 Å². The molecule has 0 aromatic heterocycles. The highest BCUT2D eigenvalue weighted by atomic mass is 16.3. The van der Waals surface area contributed by atoms with Crippen LogP contribution < -0.4 is 0 Å². The zero-order valence-corrected chi connectivity index (χ0v) is 9.98. The van der Waals surface area contributed by atoms with E-state index in [1.54, 1.807) is 0 Å². The third-order valence-corrected chi connectivity index (χ3v) is 3.05. The van der Waals surface area contributed by atoms with Gasteiger partial charge in [0.15, 0.2) is 0 Å². The van der Waals surface area contributed by atoms with E-state index in [1.807, 2.05) is 30.3 Å². The molecule has 0 aliphatic carbocycles. The van der Waals surface area contributed by atoms with Gasteiger partial charge in [-0.15, -0.1) is 0 Å². The molecule has 1 rings (SSSR count). The molecule has 0 amide bonds. The second-order valence-electron chi connectivity index (χ2n) is 4.69. The van der Waals surface area contributed by atoms with Crippen molar-refractivity contribution in [2.45, 2.75) is 19.4 Å². The summed E-state index contributed by atoms with van der Waals surface area (Å²) in [4.78, 5) is 0. The largest absolute Gasteiger partial charge is 0.388 e. The van der Waals surface area contributed by atoms with Crippen molar-refractivity contribution < 1.29 is 9.59 Å². The van der Waals surface area contributed by atoms with E-state index in [0.29, 0.717) is 0 Å². The van der Waals surface area contributed by atoms with Gasteiger partial charge in [-0.2, -0.15) is 0 Å². The van der Waals surface area contributed by atoms with Gasteiger partial charge in [0.1, 0.15) is 0 Å². The molecule has 1 unspecified atom stereocenters. The Balaban J connectivity index is 2.47. The molecule has 0 aliphatic rings. The Kier molecular flexibility index (Phi) is 4.30. The fourth-order valence-electron chi connectivity index (χ4n) is 1.47. The lowest BCUT2D eigenvalue weighted by Crippen LogP contribution is -2.40. The van der Waals surface area contributed by atoms with Crippen molar-refractivity contribution in [1.29, 1.82) is 0 Å². The van der Waals surface area contributed by atoms with Crippen LogP contribution in [0.1, 0.15) is 25.0 Å². The van der Waals surface area contributed by atoms with Gasteiger partial charge in [0.25, 0.3) is 0 Å². The van der Waals surface area contributed by atoms with Gasteiger partial charge >= 0.3 is 0 Å². The van der Waals surface area contributed by atoms with Crippen LogP contribution in [0.3, 0.4) is 0 Å². The first-order valence-corrected chi connectivity index (χ1v) is 5.60. The summed E-state index contributed by atoms with van der Waals surface area (Å²) in [6.45, 7) is 4.28. The van der Waals surface area contributed by atoms with Gasteiger partial charge in [-0.05, 0) is 12.5 Å². The molecular formula is C13H22NO+. The molecule has 0 fully saturated rings. The predicted octanol–water partition coefficient (Wildman–Crippen LogP) is 2.21. The zero-order chi connectivity index (χ0) is 11.3. The quantitative estimate of drug-likeness (QED) is 0.736. The first-order chi connectivity index (χ1) is 7.05. The molecule has 84 valence electrons. The highest BCUT2D eigenvalue weighted by Gasteiger charge is 2.15. The second kappa shape index (κ2) is 5.29. The van der Waals surface area contributed by atoms with Gasteiger partial charge in [0, 0.05) is 6.42 Å². The third-order valence-electron chi connectivity index (χ3n) is 3.05. The molecule has 0 spiro atoms. The van der Waals surface area contributed by atoms with Crippen molar-refractivity contribution in [3.8, 4) is 0 Å². The Morgan fingerprint density at radius 1 is 1.20 bits per heavy atom. The SMILES string of the molecule is CC[N+](C)(C)CCC(O)c1ccccc1. The van der Waals surface area contributed by atoms with Crippen LogP contribution in [0.5, 0.6) is 0 Å². The van der Waals surface area contributed by atoms with Gasteiger partial charge in [-0.1, -0.05) is 30.3 Å². The number of hydrogen-bond donors (Lipinski definition) is 1. The lowest BCUT2D eigenvalue weighted by atomic mass is 10.1. The van der Waals surface area contributed by atoms with E-state index in [0.717, 1.165) is 29.6 Å². The summed E-state index contributed by atoms with van der Waals surface area (Å²) in [5, 5.41) is 9.97. The van der Waals surface area contributed by atoms with Crippen LogP contribution >= 0.6 is 0 Å². The molecule has 0 heterocycles. The molecule has 1 aromatic rings. The Labute approximate surface area is 92.8 Å². The van der Waals surface area contributed by atoms with Gasteiger partial charge in [-0.25, -0.2) is 0 Å². The molecule has 0 bridgehead atoms. The molecule has 15 heavy (non-hydrogen) atoms. The first kappa shape index (κ1) is 12.2. The molecule has 0 saturated heterocycles. The lowest BCUT2D eigenvalue weighted by molar-refractivity contribution is -0.889. The Morgan fingerprint density at radius 2 is 1.80 bits per heavy atom. The molecular weight excluding hydrogens is 186 g/mol. The molecule has 1 aromatic carbocycles. The molecule has 0 radical (unpaired) electrons. The zero-order valence-electron chi connectivity index (χ0n) is 9.98. The van der Waals surface area contributed by atoms with E-state index in [4.69, 9.17) is 0 Å². The molecule has 2 heteroatoms. The Bertz CT molecular complexity index is 282. The maximum atomic E-state index is 9.97. The fraction of sp³-hybridized carbons (Fsp3) is 0.538. The number of nitrogens with zero attached hydrogens (tertiary/aromatic N) is 1. The van der Waals surface area contributed by atoms with Crippen LogP contribution in [0.15, 0.2) is 30.3 Å². The second-order valence-corrected chi connectivity index (χ2v) is 4.69. The minimum atomic E-state index is -0.324.